The first-order valence-electron chi connectivity index (χ1n) is 13.5. The van der Waals surface area contributed by atoms with Gasteiger partial charge in [0, 0.05) is 45.0 Å². The van der Waals surface area contributed by atoms with Crippen LogP contribution >= 0.6 is 0 Å². The summed E-state index contributed by atoms with van der Waals surface area (Å²) in [5.74, 6) is 0.392. The van der Waals surface area contributed by atoms with E-state index in [0.717, 1.165) is 32.5 Å². The standard InChI is InChI=1S/C27H40N8O4/c1-19(28)21-7-10-32(11-8-21)17-20-3-5-22(6-4-20)35-12-9-23(31-26(35)39)30-25(38)34-15-13-33(14-16-34)24(37)27(2,29)18-36/h3-6,9,12,19,21,36H,7-8,10-11,13-18,28-29H2,1-2H3,(H,30,31,38,39)/t19-,27+/m1/s1. The first-order valence-corrected chi connectivity index (χ1v) is 13.5. The number of hydrogen-bond donors (Lipinski definition) is 4. The topological polar surface area (TPSA) is 163 Å². The fraction of sp³-hybridized carbons (Fsp3) is 0.556. The van der Waals surface area contributed by atoms with Crippen LogP contribution in [0.4, 0.5) is 10.6 Å². The SMILES string of the molecule is C[C@@H](N)C1CCN(Cc2ccc(-n3ccc(NC(=O)N4CCN(C(=O)[C@@](C)(N)CO)CC4)nc3=O)cc2)CC1. The van der Waals surface area contributed by atoms with E-state index in [2.05, 4.69) is 22.1 Å². The predicted octanol–water partition coefficient (Wildman–Crippen LogP) is 0.178. The molecule has 1 aromatic carbocycles. The molecule has 12 nitrogen and oxygen atoms in total. The molecule has 3 amide bonds. The van der Waals surface area contributed by atoms with Crippen LogP contribution in [0, 0.1) is 5.92 Å². The van der Waals surface area contributed by atoms with Crippen LogP contribution in [0.3, 0.4) is 0 Å². The van der Waals surface area contributed by atoms with Gasteiger partial charge in [-0.1, -0.05) is 12.1 Å². The number of piperazine rings is 1. The number of aromatic nitrogens is 2. The first-order chi connectivity index (χ1) is 18.6. The van der Waals surface area contributed by atoms with E-state index in [1.54, 1.807) is 17.2 Å². The number of likely N-dealkylation sites (tertiary alicyclic amines) is 1. The van der Waals surface area contributed by atoms with Gasteiger partial charge in [-0.15, -0.1) is 0 Å². The van der Waals surface area contributed by atoms with Crippen LogP contribution in [0.5, 0.6) is 0 Å². The van der Waals surface area contributed by atoms with Gasteiger partial charge in [-0.25, -0.2) is 9.59 Å². The maximum Gasteiger partial charge on any atom is 0.354 e. The normalized spacial score (nSPS) is 19.4. The third kappa shape index (κ3) is 7.01. The van der Waals surface area contributed by atoms with Gasteiger partial charge in [-0.05, 0) is 69.5 Å². The van der Waals surface area contributed by atoms with Crippen molar-refractivity contribution in [1.29, 1.82) is 0 Å². The minimum absolute atomic E-state index is 0.154. The van der Waals surface area contributed by atoms with Gasteiger partial charge in [-0.2, -0.15) is 4.98 Å². The molecular weight excluding hydrogens is 500 g/mol. The van der Waals surface area contributed by atoms with Gasteiger partial charge in [0.1, 0.15) is 11.4 Å². The summed E-state index contributed by atoms with van der Waals surface area (Å²) in [7, 11) is 0. The maximum absolute atomic E-state index is 12.7. The van der Waals surface area contributed by atoms with Crippen molar-refractivity contribution < 1.29 is 14.7 Å². The number of carbonyl (C=O) groups excluding carboxylic acids is 2. The Kier molecular flexibility index (Phi) is 9.01. The number of nitrogens with zero attached hydrogens (tertiary/aromatic N) is 5. The maximum atomic E-state index is 12.7. The molecule has 2 fully saturated rings. The smallest absolute Gasteiger partial charge is 0.354 e. The van der Waals surface area contributed by atoms with Gasteiger partial charge in [0.05, 0.1) is 12.3 Å². The summed E-state index contributed by atoms with van der Waals surface area (Å²) in [6.07, 6.45) is 3.83. The van der Waals surface area contributed by atoms with Crippen LogP contribution in [0.2, 0.25) is 0 Å². The molecule has 3 heterocycles. The number of urea groups is 1. The fourth-order valence-electron chi connectivity index (χ4n) is 5.06. The van der Waals surface area contributed by atoms with E-state index >= 15 is 0 Å². The van der Waals surface area contributed by atoms with Crippen molar-refractivity contribution in [2.24, 2.45) is 17.4 Å². The van der Waals surface area contributed by atoms with Gasteiger partial charge >= 0.3 is 11.7 Å². The number of amides is 3. The summed E-state index contributed by atoms with van der Waals surface area (Å²) in [6, 6.07) is 9.26. The average Bonchev–Trinajstić information content (AvgIpc) is 2.93. The van der Waals surface area contributed by atoms with Crippen LogP contribution < -0.4 is 22.5 Å². The van der Waals surface area contributed by atoms with Crippen molar-refractivity contribution in [3.63, 3.8) is 0 Å². The molecule has 0 aliphatic carbocycles. The Hall–Kier alpha value is -3.32. The number of nitrogens with two attached hydrogens (primary N) is 2. The summed E-state index contributed by atoms with van der Waals surface area (Å²) >= 11 is 0. The van der Waals surface area contributed by atoms with E-state index in [4.69, 9.17) is 11.5 Å². The lowest BCUT2D eigenvalue weighted by Gasteiger charge is -2.37. The highest BCUT2D eigenvalue weighted by atomic mass is 16.3. The van der Waals surface area contributed by atoms with E-state index in [9.17, 15) is 19.5 Å². The van der Waals surface area contributed by atoms with Crippen LogP contribution in [-0.2, 0) is 11.3 Å². The quantitative estimate of drug-likeness (QED) is 0.386. The van der Waals surface area contributed by atoms with Crippen LogP contribution in [0.1, 0.15) is 32.3 Å². The number of hydrogen-bond acceptors (Lipinski definition) is 8. The molecule has 212 valence electrons. The van der Waals surface area contributed by atoms with Crippen molar-refractivity contribution >= 4 is 17.8 Å². The molecule has 2 saturated heterocycles. The molecule has 6 N–H and O–H groups in total. The third-order valence-corrected chi connectivity index (χ3v) is 7.71. The molecule has 2 aliphatic rings. The van der Waals surface area contributed by atoms with Crippen molar-refractivity contribution in [3.05, 3.63) is 52.6 Å². The summed E-state index contributed by atoms with van der Waals surface area (Å²) in [5, 5.41) is 12.0. The molecule has 12 heteroatoms. The number of piperidine rings is 1. The van der Waals surface area contributed by atoms with Gasteiger partial charge < -0.3 is 26.4 Å². The zero-order valence-corrected chi connectivity index (χ0v) is 22.8. The Labute approximate surface area is 228 Å². The second kappa shape index (κ2) is 12.2. The zero-order valence-electron chi connectivity index (χ0n) is 22.8. The Morgan fingerprint density at radius 2 is 1.69 bits per heavy atom. The van der Waals surface area contributed by atoms with Gasteiger partial charge in [0.25, 0.3) is 0 Å². The highest BCUT2D eigenvalue weighted by Crippen LogP contribution is 2.21. The molecule has 2 aliphatic heterocycles. The molecule has 4 rings (SSSR count). The van der Waals surface area contributed by atoms with Crippen LogP contribution in [0.25, 0.3) is 5.69 Å². The minimum atomic E-state index is -1.35. The zero-order chi connectivity index (χ0) is 28.2. The minimum Gasteiger partial charge on any atom is -0.394 e. The Morgan fingerprint density at radius 3 is 2.26 bits per heavy atom. The highest BCUT2D eigenvalue weighted by Gasteiger charge is 2.34. The van der Waals surface area contributed by atoms with Crippen molar-refractivity contribution in [1.82, 2.24) is 24.3 Å². The molecule has 2 aromatic rings. The van der Waals surface area contributed by atoms with E-state index in [-0.39, 0.29) is 17.8 Å². The van der Waals surface area contributed by atoms with Crippen LogP contribution in [0.15, 0.2) is 41.3 Å². The average molecular weight is 541 g/mol. The van der Waals surface area contributed by atoms with E-state index in [0.29, 0.717) is 37.8 Å². The van der Waals surface area contributed by atoms with Gasteiger partial charge in [0.15, 0.2) is 0 Å². The summed E-state index contributed by atoms with van der Waals surface area (Å²) < 4.78 is 1.43. The fourth-order valence-corrected chi connectivity index (χ4v) is 5.06. The molecule has 0 unspecified atom stereocenters. The summed E-state index contributed by atoms with van der Waals surface area (Å²) in [4.78, 5) is 47.4. The van der Waals surface area contributed by atoms with Crippen molar-refractivity contribution in [2.45, 2.75) is 44.8 Å². The third-order valence-electron chi connectivity index (χ3n) is 7.71. The first kappa shape index (κ1) is 28.7. The second-order valence-corrected chi connectivity index (χ2v) is 10.9. The number of benzene rings is 1. The summed E-state index contributed by atoms with van der Waals surface area (Å²) in [6.45, 7) is 7.24. The van der Waals surface area contributed by atoms with E-state index in [1.165, 1.54) is 22.0 Å². The molecule has 0 bridgehead atoms. The van der Waals surface area contributed by atoms with E-state index < -0.39 is 23.9 Å². The predicted molar refractivity (Wildman–Crippen MR) is 148 cm³/mol. The van der Waals surface area contributed by atoms with Gasteiger partial charge in [0.2, 0.25) is 5.91 Å². The lowest BCUT2D eigenvalue weighted by molar-refractivity contribution is -0.139. The molecule has 1 aromatic heterocycles. The Bertz CT molecular complexity index is 1200. The Balaban J connectivity index is 1.30. The van der Waals surface area contributed by atoms with Crippen LogP contribution in [-0.4, -0.2) is 98.8 Å². The van der Waals surface area contributed by atoms with Gasteiger partial charge in [-0.3, -0.25) is 19.6 Å². The number of aliphatic hydroxyl groups is 1. The second-order valence-electron chi connectivity index (χ2n) is 10.9. The number of anilines is 1. The Morgan fingerprint density at radius 1 is 1.08 bits per heavy atom. The number of carbonyl (C=O) groups is 2. The lowest BCUT2D eigenvalue weighted by atomic mass is 9.91. The van der Waals surface area contributed by atoms with Crippen molar-refractivity contribution in [3.8, 4) is 5.69 Å². The number of nitrogens with one attached hydrogen (secondary N) is 1. The molecule has 0 radical (unpaired) electrons. The molecule has 0 spiro atoms. The molecule has 39 heavy (non-hydrogen) atoms. The molecule has 0 saturated carbocycles. The largest absolute Gasteiger partial charge is 0.394 e. The van der Waals surface area contributed by atoms with E-state index in [1.807, 2.05) is 24.3 Å². The molecular formula is C27H40N8O4. The van der Waals surface area contributed by atoms with Crippen molar-refractivity contribution in [2.75, 3.05) is 51.2 Å². The molecule has 2 atom stereocenters. The lowest BCUT2D eigenvalue weighted by Crippen LogP contribution is -2.60. The number of aliphatic hydroxyl groups excluding tert-OH is 1. The monoisotopic (exact) mass is 540 g/mol. The summed E-state index contributed by atoms with van der Waals surface area (Å²) in [5.41, 5.74) is 11.9. The number of rotatable bonds is 7. The highest BCUT2D eigenvalue weighted by molar-refractivity contribution is 5.89.